The van der Waals surface area contributed by atoms with Crippen molar-refractivity contribution in [3.05, 3.63) is 0 Å². The monoisotopic (exact) mass is 231 g/mol. The normalized spacial score (nSPS) is 11.2. The first kappa shape index (κ1) is 16.6. The van der Waals surface area contributed by atoms with Crippen LogP contribution < -0.4 is 0 Å². The largest absolute Gasteiger partial charge is 0.522 e. The molecule has 0 aromatic carbocycles. The standard InChI is InChI=1S/CHF3O3S.Cu.H2O/c2-1(3,4)8(5,6)7;;/h(H,5,6,7);;1H2. The van der Waals surface area contributed by atoms with Gasteiger partial charge in [0, 0.05) is 17.1 Å². The van der Waals surface area contributed by atoms with Gasteiger partial charge in [-0.05, 0) is 0 Å². The zero-order chi connectivity index (χ0) is 7.00. The van der Waals surface area contributed by atoms with Crippen LogP contribution in [0.2, 0.25) is 0 Å². The smallest absolute Gasteiger partial charge is 0.412 e. The van der Waals surface area contributed by atoms with Crippen molar-refractivity contribution in [2.24, 2.45) is 0 Å². The van der Waals surface area contributed by atoms with Crippen molar-refractivity contribution in [3.63, 3.8) is 0 Å². The van der Waals surface area contributed by atoms with E-state index >= 15 is 0 Å². The van der Waals surface area contributed by atoms with Gasteiger partial charge in [-0.3, -0.25) is 4.55 Å². The van der Waals surface area contributed by atoms with Gasteiger partial charge in [0.1, 0.15) is 0 Å². The van der Waals surface area contributed by atoms with Crippen molar-refractivity contribution in [3.8, 4) is 0 Å². The summed E-state index contributed by atoms with van der Waals surface area (Å²) in [6, 6.07) is 0. The minimum absolute atomic E-state index is 0. The Hall–Kier alpha value is 0.179. The van der Waals surface area contributed by atoms with Gasteiger partial charge in [-0.25, -0.2) is 0 Å². The third-order valence-corrected chi connectivity index (χ3v) is 0.877. The number of rotatable bonds is 0. The average molecular weight is 232 g/mol. The summed E-state index contributed by atoms with van der Waals surface area (Å²) in [6.07, 6.45) is 0. The SMILES string of the molecule is O.O=S(=O)(O)C(F)(F)F.[Cu]. The molecule has 10 heavy (non-hydrogen) atoms. The Morgan fingerprint density at radius 3 is 1.30 bits per heavy atom. The van der Waals surface area contributed by atoms with Gasteiger partial charge >= 0.3 is 15.6 Å². The molecule has 0 unspecified atom stereocenters. The summed E-state index contributed by atoms with van der Waals surface area (Å²) in [5.74, 6) is 0. The molecule has 3 N–H and O–H groups in total. The maximum absolute atomic E-state index is 10.7. The predicted octanol–water partition coefficient (Wildman–Crippen LogP) is -0.433. The molecule has 69 valence electrons. The molecule has 0 aliphatic carbocycles. The van der Waals surface area contributed by atoms with Gasteiger partial charge in [0.25, 0.3) is 0 Å². The maximum Gasteiger partial charge on any atom is 0.522 e. The van der Waals surface area contributed by atoms with E-state index in [0.717, 1.165) is 0 Å². The third-order valence-electron chi connectivity index (χ3n) is 0.292. The number of halogens is 3. The van der Waals surface area contributed by atoms with Crippen LogP contribution in [0.25, 0.3) is 0 Å². The summed E-state index contributed by atoms with van der Waals surface area (Å²) in [5.41, 5.74) is -5.53. The van der Waals surface area contributed by atoms with E-state index in [-0.39, 0.29) is 22.5 Å². The Morgan fingerprint density at radius 1 is 1.20 bits per heavy atom. The van der Waals surface area contributed by atoms with E-state index < -0.39 is 15.6 Å². The average Bonchev–Trinajstić information content (AvgIpc) is 1.25. The predicted molar refractivity (Wildman–Crippen MR) is 21.2 cm³/mol. The van der Waals surface area contributed by atoms with Crippen LogP contribution in [-0.2, 0) is 27.2 Å². The molecule has 9 heteroatoms. The van der Waals surface area contributed by atoms with Crippen molar-refractivity contribution in [2.45, 2.75) is 5.51 Å². The van der Waals surface area contributed by atoms with E-state index in [9.17, 15) is 13.2 Å². The second-order valence-electron chi connectivity index (χ2n) is 0.921. The van der Waals surface area contributed by atoms with Gasteiger partial charge in [-0.2, -0.15) is 21.6 Å². The van der Waals surface area contributed by atoms with Crippen molar-refractivity contribution in [2.75, 3.05) is 0 Å². The molecule has 0 aliphatic heterocycles. The van der Waals surface area contributed by atoms with Crippen molar-refractivity contribution < 1.29 is 48.7 Å². The van der Waals surface area contributed by atoms with Crippen LogP contribution in [0.5, 0.6) is 0 Å². The molecule has 0 fully saturated rings. The molecule has 0 bridgehead atoms. The summed E-state index contributed by atoms with van der Waals surface area (Å²) in [5, 5.41) is 0. The third kappa shape index (κ3) is 5.00. The van der Waals surface area contributed by atoms with E-state index in [4.69, 9.17) is 13.0 Å². The fourth-order valence-electron chi connectivity index (χ4n) is 0. The summed E-state index contributed by atoms with van der Waals surface area (Å²) in [7, 11) is -5.84. The Morgan fingerprint density at radius 2 is 1.30 bits per heavy atom. The van der Waals surface area contributed by atoms with Gasteiger partial charge < -0.3 is 5.48 Å². The zero-order valence-electron chi connectivity index (χ0n) is 4.11. The molecule has 1 radical (unpaired) electrons. The second-order valence-corrected chi connectivity index (χ2v) is 2.33. The number of hydrogen-bond donors (Lipinski definition) is 1. The first-order valence-electron chi connectivity index (χ1n) is 1.29. The topological polar surface area (TPSA) is 85.9 Å². The van der Waals surface area contributed by atoms with Crippen LogP contribution in [0, 0.1) is 0 Å². The van der Waals surface area contributed by atoms with Crippen molar-refractivity contribution >= 4 is 10.1 Å². The first-order valence-corrected chi connectivity index (χ1v) is 2.73. The fourth-order valence-corrected chi connectivity index (χ4v) is 0. The van der Waals surface area contributed by atoms with Crippen LogP contribution in [0.15, 0.2) is 0 Å². The van der Waals surface area contributed by atoms with Crippen LogP contribution in [-0.4, -0.2) is 24.0 Å². The molecule has 0 aromatic heterocycles. The van der Waals surface area contributed by atoms with Gasteiger partial charge in [0.2, 0.25) is 0 Å². The van der Waals surface area contributed by atoms with Crippen LogP contribution in [0.4, 0.5) is 13.2 Å². The molecule has 0 rings (SSSR count). The molecule has 4 nitrogen and oxygen atoms in total. The van der Waals surface area contributed by atoms with Gasteiger partial charge in [0.05, 0.1) is 0 Å². The number of alkyl halides is 3. The van der Waals surface area contributed by atoms with E-state index in [0.29, 0.717) is 0 Å². The number of hydrogen-bond acceptors (Lipinski definition) is 2. The first-order chi connectivity index (χ1) is 3.25. The van der Waals surface area contributed by atoms with Gasteiger partial charge in [-0.15, -0.1) is 0 Å². The van der Waals surface area contributed by atoms with Crippen LogP contribution in [0.3, 0.4) is 0 Å². The minimum Gasteiger partial charge on any atom is -0.412 e. The summed E-state index contributed by atoms with van der Waals surface area (Å²) < 4.78 is 57.5. The van der Waals surface area contributed by atoms with Crippen molar-refractivity contribution in [1.29, 1.82) is 0 Å². The molecule has 0 saturated heterocycles. The molecule has 0 amide bonds. The molecule has 0 atom stereocenters. The molecular weight excluding hydrogens is 229 g/mol. The molecule has 0 saturated carbocycles. The Labute approximate surface area is 64.9 Å². The summed E-state index contributed by atoms with van der Waals surface area (Å²) >= 11 is 0. The van der Waals surface area contributed by atoms with Gasteiger partial charge in [0.15, 0.2) is 0 Å². The van der Waals surface area contributed by atoms with Gasteiger partial charge in [-0.1, -0.05) is 0 Å². The summed E-state index contributed by atoms with van der Waals surface area (Å²) in [6.45, 7) is 0. The molecule has 0 spiro atoms. The molecule has 0 heterocycles. The quantitative estimate of drug-likeness (QED) is 0.349. The van der Waals surface area contributed by atoms with E-state index in [1.165, 1.54) is 0 Å². The van der Waals surface area contributed by atoms with E-state index in [2.05, 4.69) is 0 Å². The van der Waals surface area contributed by atoms with Crippen molar-refractivity contribution in [1.82, 2.24) is 0 Å². The van der Waals surface area contributed by atoms with E-state index in [1.54, 1.807) is 0 Å². The van der Waals surface area contributed by atoms with Crippen LogP contribution in [0.1, 0.15) is 0 Å². The molecule has 0 aliphatic rings. The minimum atomic E-state index is -5.84. The Bertz CT molecular complexity index is 169. The molecular formula is CH3CuF3O4S. The second kappa shape index (κ2) is 4.14. The summed E-state index contributed by atoms with van der Waals surface area (Å²) in [4.78, 5) is 0. The Balaban J connectivity index is -0.000000245. The zero-order valence-corrected chi connectivity index (χ0v) is 5.87. The fraction of sp³-hybridized carbons (Fsp3) is 1.00. The Kier molecular flexibility index (Phi) is 6.89. The van der Waals surface area contributed by atoms with E-state index in [1.807, 2.05) is 0 Å². The molecule has 0 aromatic rings. The van der Waals surface area contributed by atoms with Crippen LogP contribution >= 0.6 is 0 Å². The maximum atomic E-state index is 10.7.